The number of Topliss-reactive ketones (excluding diaryl/α,β-unsaturated/α-hetero) is 1. The van der Waals surface area contributed by atoms with Gasteiger partial charge in [0.2, 0.25) is 0 Å². The lowest BCUT2D eigenvalue weighted by atomic mass is 9.88. The van der Waals surface area contributed by atoms with Crippen LogP contribution in [0, 0.1) is 0 Å². The Balaban J connectivity index is 2.20. The first-order valence-corrected chi connectivity index (χ1v) is 5.31. The lowest BCUT2D eigenvalue weighted by Crippen LogP contribution is -2.41. The normalized spacial score (nSPS) is 26.2. The summed E-state index contributed by atoms with van der Waals surface area (Å²) in [5.74, 6) is 0.0512. The van der Waals surface area contributed by atoms with Crippen LogP contribution in [0.4, 0.5) is 0 Å². The second-order valence-corrected chi connectivity index (χ2v) is 4.11. The van der Waals surface area contributed by atoms with E-state index in [2.05, 4.69) is 4.98 Å². The van der Waals surface area contributed by atoms with Crippen molar-refractivity contribution in [2.75, 3.05) is 6.61 Å². The molecule has 0 bridgehead atoms. The fourth-order valence-corrected chi connectivity index (χ4v) is 1.92. The van der Waals surface area contributed by atoms with Crippen LogP contribution < -0.4 is 0 Å². The number of pyridine rings is 1. The molecule has 2 rings (SSSR count). The number of rotatable bonds is 2. The van der Waals surface area contributed by atoms with E-state index in [1.165, 1.54) is 0 Å². The molecule has 0 aliphatic carbocycles. The van der Waals surface area contributed by atoms with Gasteiger partial charge in [-0.1, -0.05) is 0 Å². The fourth-order valence-electron chi connectivity index (χ4n) is 1.92. The van der Waals surface area contributed by atoms with Gasteiger partial charge < -0.3 is 4.74 Å². The number of ether oxygens (including phenoxy) is 1. The van der Waals surface area contributed by atoms with Gasteiger partial charge in [0.15, 0.2) is 5.78 Å². The molecule has 1 aliphatic heterocycles. The summed E-state index contributed by atoms with van der Waals surface area (Å²) in [7, 11) is 0. The smallest absolute Gasteiger partial charge is 0.195 e. The highest BCUT2D eigenvalue weighted by molar-refractivity contribution is 6.02. The minimum atomic E-state index is -0.638. The Labute approximate surface area is 89.5 Å². The number of hydrogen-bond acceptors (Lipinski definition) is 3. The summed E-state index contributed by atoms with van der Waals surface area (Å²) in [6.45, 7) is 2.56. The van der Waals surface area contributed by atoms with Crippen molar-refractivity contribution in [1.29, 1.82) is 0 Å². The second-order valence-electron chi connectivity index (χ2n) is 4.11. The van der Waals surface area contributed by atoms with Crippen LogP contribution in [-0.4, -0.2) is 23.0 Å². The third-order valence-corrected chi connectivity index (χ3v) is 2.87. The number of aromatic nitrogens is 1. The van der Waals surface area contributed by atoms with Crippen molar-refractivity contribution in [3.8, 4) is 0 Å². The first-order valence-electron chi connectivity index (χ1n) is 5.31. The van der Waals surface area contributed by atoms with Gasteiger partial charge in [-0.2, -0.15) is 0 Å². The maximum absolute atomic E-state index is 12.2. The molecule has 1 aliphatic rings. The summed E-state index contributed by atoms with van der Waals surface area (Å²) in [5.41, 5.74) is 0.00303. The van der Waals surface area contributed by atoms with Crippen LogP contribution in [0.5, 0.6) is 0 Å². The first kappa shape index (κ1) is 10.3. The maximum Gasteiger partial charge on any atom is 0.195 e. The summed E-state index contributed by atoms with van der Waals surface area (Å²) in [6.07, 6.45) is 6.19. The highest BCUT2D eigenvalue weighted by Crippen LogP contribution is 2.27. The summed E-state index contributed by atoms with van der Waals surface area (Å²) in [4.78, 5) is 16.1. The van der Waals surface area contributed by atoms with Gasteiger partial charge in [0.05, 0.1) is 0 Å². The Morgan fingerprint density at radius 2 is 2.40 bits per heavy atom. The Hall–Kier alpha value is -1.22. The molecule has 80 valence electrons. The third-order valence-electron chi connectivity index (χ3n) is 2.87. The summed E-state index contributed by atoms with van der Waals surface area (Å²) in [6, 6.07) is 3.57. The first-order chi connectivity index (χ1) is 7.22. The summed E-state index contributed by atoms with van der Waals surface area (Å²) >= 11 is 0. The zero-order valence-corrected chi connectivity index (χ0v) is 8.90. The zero-order valence-electron chi connectivity index (χ0n) is 8.90. The van der Waals surface area contributed by atoms with Crippen molar-refractivity contribution in [2.45, 2.75) is 31.8 Å². The maximum atomic E-state index is 12.2. The molecule has 0 aromatic carbocycles. The summed E-state index contributed by atoms with van der Waals surface area (Å²) in [5, 5.41) is 0. The zero-order chi connectivity index (χ0) is 10.7. The topological polar surface area (TPSA) is 39.2 Å². The average molecular weight is 205 g/mol. The van der Waals surface area contributed by atoms with Crippen molar-refractivity contribution >= 4 is 5.78 Å². The van der Waals surface area contributed by atoms with Crippen molar-refractivity contribution < 1.29 is 9.53 Å². The standard InChI is InChI=1S/C12H15NO2/c1-12(6-2-3-8-15-12)11(14)10-5-4-7-13-9-10/h4-5,7,9H,2-3,6,8H2,1H3. The van der Waals surface area contributed by atoms with E-state index < -0.39 is 5.60 Å². The molecule has 1 fully saturated rings. The van der Waals surface area contributed by atoms with E-state index >= 15 is 0 Å². The molecule has 1 aromatic heterocycles. The molecule has 0 radical (unpaired) electrons. The lowest BCUT2D eigenvalue weighted by Gasteiger charge is -2.32. The highest BCUT2D eigenvalue weighted by atomic mass is 16.5. The van der Waals surface area contributed by atoms with E-state index in [0.29, 0.717) is 12.2 Å². The minimum Gasteiger partial charge on any atom is -0.367 e. The largest absolute Gasteiger partial charge is 0.367 e. The van der Waals surface area contributed by atoms with Gasteiger partial charge in [0, 0.05) is 24.6 Å². The molecule has 1 saturated heterocycles. The van der Waals surface area contributed by atoms with Gasteiger partial charge in [-0.15, -0.1) is 0 Å². The average Bonchev–Trinajstić information content (AvgIpc) is 2.30. The van der Waals surface area contributed by atoms with Crippen molar-refractivity contribution in [2.24, 2.45) is 0 Å². The molecule has 0 saturated carbocycles. The molecule has 1 unspecified atom stereocenters. The minimum absolute atomic E-state index is 0.0512. The predicted molar refractivity (Wildman–Crippen MR) is 56.8 cm³/mol. The Morgan fingerprint density at radius 3 is 3.00 bits per heavy atom. The van der Waals surface area contributed by atoms with Crippen LogP contribution in [0.2, 0.25) is 0 Å². The van der Waals surface area contributed by atoms with Gasteiger partial charge in [0.25, 0.3) is 0 Å². The molecule has 0 N–H and O–H groups in total. The monoisotopic (exact) mass is 205 g/mol. The highest BCUT2D eigenvalue weighted by Gasteiger charge is 2.36. The van der Waals surface area contributed by atoms with E-state index in [0.717, 1.165) is 19.3 Å². The second kappa shape index (κ2) is 4.11. The van der Waals surface area contributed by atoms with Gasteiger partial charge in [-0.3, -0.25) is 9.78 Å². The Kier molecular flexibility index (Phi) is 2.82. The molecule has 0 amide bonds. The van der Waals surface area contributed by atoms with Gasteiger partial charge in [-0.25, -0.2) is 0 Å². The van der Waals surface area contributed by atoms with Crippen molar-refractivity contribution in [3.63, 3.8) is 0 Å². The number of ketones is 1. The number of carbonyl (C=O) groups excluding carboxylic acids is 1. The molecule has 2 heterocycles. The van der Waals surface area contributed by atoms with E-state index in [4.69, 9.17) is 4.74 Å². The molecular weight excluding hydrogens is 190 g/mol. The Bertz CT molecular complexity index is 342. The van der Waals surface area contributed by atoms with Crippen LogP contribution in [0.15, 0.2) is 24.5 Å². The van der Waals surface area contributed by atoms with Crippen LogP contribution in [0.25, 0.3) is 0 Å². The molecule has 3 heteroatoms. The molecular formula is C12H15NO2. The lowest BCUT2D eigenvalue weighted by molar-refractivity contribution is -0.0426. The van der Waals surface area contributed by atoms with Crippen LogP contribution in [0.1, 0.15) is 36.5 Å². The van der Waals surface area contributed by atoms with E-state index in [9.17, 15) is 4.79 Å². The number of nitrogens with zero attached hydrogens (tertiary/aromatic N) is 1. The molecule has 1 aromatic rings. The number of carbonyl (C=O) groups is 1. The van der Waals surface area contributed by atoms with Crippen molar-refractivity contribution in [3.05, 3.63) is 30.1 Å². The summed E-state index contributed by atoms with van der Waals surface area (Å²) < 4.78 is 5.60. The molecule has 3 nitrogen and oxygen atoms in total. The van der Waals surface area contributed by atoms with E-state index in [-0.39, 0.29) is 5.78 Å². The molecule has 15 heavy (non-hydrogen) atoms. The van der Waals surface area contributed by atoms with Gasteiger partial charge >= 0.3 is 0 Å². The van der Waals surface area contributed by atoms with E-state index in [1.807, 2.05) is 6.92 Å². The predicted octanol–water partition coefficient (Wildman–Crippen LogP) is 2.22. The van der Waals surface area contributed by atoms with Crippen LogP contribution in [0.3, 0.4) is 0 Å². The third kappa shape index (κ3) is 2.07. The molecule has 1 atom stereocenters. The molecule has 0 spiro atoms. The van der Waals surface area contributed by atoms with Gasteiger partial charge in [0.1, 0.15) is 5.60 Å². The van der Waals surface area contributed by atoms with Gasteiger partial charge in [-0.05, 0) is 38.3 Å². The SMILES string of the molecule is CC1(C(=O)c2cccnc2)CCCCO1. The van der Waals surface area contributed by atoms with Crippen molar-refractivity contribution in [1.82, 2.24) is 4.98 Å². The van der Waals surface area contributed by atoms with E-state index in [1.54, 1.807) is 24.5 Å². The van der Waals surface area contributed by atoms with Crippen LogP contribution >= 0.6 is 0 Å². The number of hydrogen-bond donors (Lipinski definition) is 0. The van der Waals surface area contributed by atoms with Crippen LogP contribution in [-0.2, 0) is 4.74 Å². The fraction of sp³-hybridized carbons (Fsp3) is 0.500. The Morgan fingerprint density at radius 1 is 1.53 bits per heavy atom. The quantitative estimate of drug-likeness (QED) is 0.695.